The number of aliphatic hydroxyl groups excluding tert-OH is 1. The molecule has 2 rings (SSSR count). The molecule has 2 aromatic rings. The highest BCUT2D eigenvalue weighted by Gasteiger charge is 2.05. The Bertz CT molecular complexity index is 516. The van der Waals surface area contributed by atoms with Gasteiger partial charge in [0.25, 0.3) is 0 Å². The summed E-state index contributed by atoms with van der Waals surface area (Å²) in [6.07, 6.45) is 0. The smallest absolute Gasteiger partial charge is 0.119 e. The molecule has 21 heavy (non-hydrogen) atoms. The average Bonchev–Trinajstić information content (AvgIpc) is 2.50. The van der Waals surface area contributed by atoms with E-state index in [9.17, 15) is 0 Å². The molecule has 0 amide bonds. The molecule has 0 aliphatic heterocycles. The minimum absolute atomic E-state index is 0.147. The van der Waals surface area contributed by atoms with Gasteiger partial charge in [-0.15, -0.1) is 0 Å². The van der Waals surface area contributed by atoms with Crippen molar-refractivity contribution in [1.82, 2.24) is 4.90 Å². The summed E-state index contributed by atoms with van der Waals surface area (Å²) in [7, 11) is 0. The van der Waals surface area contributed by atoms with Gasteiger partial charge in [-0.05, 0) is 29.8 Å². The second kappa shape index (κ2) is 8.67. The molecule has 0 bridgehead atoms. The zero-order chi connectivity index (χ0) is 14.9. The van der Waals surface area contributed by atoms with Crippen LogP contribution in [0.5, 0.6) is 5.75 Å². The number of hydrogen-bond acceptors (Lipinski definition) is 3. The van der Waals surface area contributed by atoms with Crippen molar-refractivity contribution in [2.24, 2.45) is 0 Å². The summed E-state index contributed by atoms with van der Waals surface area (Å²) in [5, 5.41) is 9.87. The molecule has 0 atom stereocenters. The van der Waals surface area contributed by atoms with Crippen molar-refractivity contribution in [3.05, 3.63) is 65.2 Å². The van der Waals surface area contributed by atoms with Gasteiger partial charge in [0.15, 0.2) is 0 Å². The molecule has 0 radical (unpaired) electrons. The summed E-state index contributed by atoms with van der Waals surface area (Å²) in [5.74, 6) is 0.808. The van der Waals surface area contributed by atoms with Crippen molar-refractivity contribution in [2.75, 3.05) is 26.3 Å². The molecule has 0 saturated heterocycles. The van der Waals surface area contributed by atoms with Crippen LogP contribution in [0.25, 0.3) is 0 Å². The van der Waals surface area contributed by atoms with Crippen molar-refractivity contribution < 1.29 is 9.84 Å². The fourth-order valence-corrected chi connectivity index (χ4v) is 2.20. The Labute approximate surface area is 130 Å². The topological polar surface area (TPSA) is 32.7 Å². The maximum Gasteiger partial charge on any atom is 0.119 e. The van der Waals surface area contributed by atoms with E-state index in [1.165, 1.54) is 5.56 Å². The average molecular weight is 306 g/mol. The molecule has 0 fully saturated rings. The molecule has 112 valence electrons. The lowest BCUT2D eigenvalue weighted by molar-refractivity contribution is 0.163. The highest BCUT2D eigenvalue weighted by atomic mass is 35.5. The number of aliphatic hydroxyl groups is 1. The van der Waals surface area contributed by atoms with Gasteiger partial charge in [0.2, 0.25) is 0 Å². The Morgan fingerprint density at radius 3 is 2.33 bits per heavy atom. The standard InChI is InChI=1S/C17H20ClNO2/c18-16-6-8-17(9-7-16)21-13-11-19(10-12-20)14-15-4-2-1-3-5-15/h1-9,20H,10-14H2. The Morgan fingerprint density at radius 1 is 0.952 bits per heavy atom. The summed E-state index contributed by atoms with van der Waals surface area (Å²) in [6.45, 7) is 2.94. The van der Waals surface area contributed by atoms with E-state index >= 15 is 0 Å². The van der Waals surface area contributed by atoms with Crippen molar-refractivity contribution in [1.29, 1.82) is 0 Å². The number of ether oxygens (including phenoxy) is 1. The number of benzene rings is 2. The van der Waals surface area contributed by atoms with E-state index in [-0.39, 0.29) is 6.61 Å². The van der Waals surface area contributed by atoms with Crippen molar-refractivity contribution in [3.8, 4) is 5.75 Å². The third-order valence-corrected chi connectivity index (χ3v) is 3.41. The Morgan fingerprint density at radius 2 is 1.67 bits per heavy atom. The molecule has 3 nitrogen and oxygen atoms in total. The van der Waals surface area contributed by atoms with Crippen LogP contribution in [-0.4, -0.2) is 36.3 Å². The molecule has 2 aromatic carbocycles. The molecule has 0 aromatic heterocycles. The first-order valence-electron chi connectivity index (χ1n) is 7.03. The Hall–Kier alpha value is -1.55. The summed E-state index contributed by atoms with van der Waals surface area (Å²) < 4.78 is 5.69. The van der Waals surface area contributed by atoms with Crippen LogP contribution >= 0.6 is 11.6 Å². The minimum Gasteiger partial charge on any atom is -0.492 e. The zero-order valence-electron chi connectivity index (χ0n) is 11.9. The van der Waals surface area contributed by atoms with Crippen molar-refractivity contribution >= 4 is 11.6 Å². The third-order valence-electron chi connectivity index (χ3n) is 3.16. The van der Waals surface area contributed by atoms with Gasteiger partial charge in [-0.25, -0.2) is 0 Å². The lowest BCUT2D eigenvalue weighted by Crippen LogP contribution is -2.30. The largest absolute Gasteiger partial charge is 0.492 e. The van der Waals surface area contributed by atoms with Gasteiger partial charge in [-0.1, -0.05) is 41.9 Å². The molecular formula is C17H20ClNO2. The zero-order valence-corrected chi connectivity index (χ0v) is 12.7. The first-order valence-corrected chi connectivity index (χ1v) is 7.41. The number of nitrogens with zero attached hydrogens (tertiary/aromatic N) is 1. The van der Waals surface area contributed by atoms with Crippen LogP contribution in [0.4, 0.5) is 0 Å². The highest BCUT2D eigenvalue weighted by molar-refractivity contribution is 6.30. The van der Waals surface area contributed by atoms with E-state index in [2.05, 4.69) is 17.0 Å². The second-order valence-electron chi connectivity index (χ2n) is 4.79. The maximum atomic E-state index is 9.16. The molecule has 0 saturated carbocycles. The predicted molar refractivity (Wildman–Crippen MR) is 85.8 cm³/mol. The number of rotatable bonds is 8. The molecule has 0 unspecified atom stereocenters. The van der Waals surface area contributed by atoms with Gasteiger partial charge in [0.1, 0.15) is 12.4 Å². The fourth-order valence-electron chi connectivity index (χ4n) is 2.08. The van der Waals surface area contributed by atoms with Gasteiger partial charge in [0.05, 0.1) is 6.61 Å². The van der Waals surface area contributed by atoms with E-state index in [4.69, 9.17) is 21.4 Å². The minimum atomic E-state index is 0.147. The Kier molecular flexibility index (Phi) is 6.54. The molecule has 0 aliphatic rings. The summed E-state index contributed by atoms with van der Waals surface area (Å²) in [4.78, 5) is 2.17. The third kappa shape index (κ3) is 5.76. The summed E-state index contributed by atoms with van der Waals surface area (Å²) >= 11 is 5.84. The number of hydrogen-bond donors (Lipinski definition) is 1. The molecule has 0 spiro atoms. The first kappa shape index (κ1) is 15.8. The van der Waals surface area contributed by atoms with Crippen molar-refractivity contribution in [2.45, 2.75) is 6.54 Å². The SMILES string of the molecule is OCCN(CCOc1ccc(Cl)cc1)Cc1ccccc1. The van der Waals surface area contributed by atoms with Crippen LogP contribution in [0.1, 0.15) is 5.56 Å². The van der Waals surface area contributed by atoms with Gasteiger partial charge in [-0.3, -0.25) is 4.90 Å². The van der Waals surface area contributed by atoms with Crippen LogP contribution in [0, 0.1) is 0 Å². The van der Waals surface area contributed by atoms with Crippen LogP contribution in [-0.2, 0) is 6.54 Å². The Balaban J connectivity index is 1.81. The normalized spacial score (nSPS) is 10.8. The predicted octanol–water partition coefficient (Wildman–Crippen LogP) is 3.21. The van der Waals surface area contributed by atoms with E-state index in [1.807, 2.05) is 42.5 Å². The molecule has 4 heteroatoms. The van der Waals surface area contributed by atoms with Gasteiger partial charge in [0, 0.05) is 24.7 Å². The fraction of sp³-hybridized carbons (Fsp3) is 0.294. The second-order valence-corrected chi connectivity index (χ2v) is 5.22. The van der Waals surface area contributed by atoms with Gasteiger partial charge < -0.3 is 9.84 Å². The first-order chi connectivity index (χ1) is 10.3. The molecule has 0 aliphatic carbocycles. The summed E-state index contributed by atoms with van der Waals surface area (Å²) in [5.41, 5.74) is 1.23. The molecule has 1 N–H and O–H groups in total. The van der Waals surface area contributed by atoms with Crippen LogP contribution in [0.3, 0.4) is 0 Å². The van der Waals surface area contributed by atoms with Crippen LogP contribution < -0.4 is 4.74 Å². The van der Waals surface area contributed by atoms with E-state index in [1.54, 1.807) is 0 Å². The monoisotopic (exact) mass is 305 g/mol. The van der Waals surface area contributed by atoms with Gasteiger partial charge in [-0.2, -0.15) is 0 Å². The van der Waals surface area contributed by atoms with Crippen molar-refractivity contribution in [3.63, 3.8) is 0 Å². The quantitative estimate of drug-likeness (QED) is 0.813. The van der Waals surface area contributed by atoms with Crippen LogP contribution in [0.15, 0.2) is 54.6 Å². The molecular weight excluding hydrogens is 286 g/mol. The van der Waals surface area contributed by atoms with E-state index in [0.717, 1.165) is 18.8 Å². The number of halogens is 1. The molecule has 0 heterocycles. The lowest BCUT2D eigenvalue weighted by Gasteiger charge is -2.21. The van der Waals surface area contributed by atoms with Crippen LogP contribution in [0.2, 0.25) is 5.02 Å². The maximum absolute atomic E-state index is 9.16. The van der Waals surface area contributed by atoms with E-state index < -0.39 is 0 Å². The van der Waals surface area contributed by atoms with E-state index in [0.29, 0.717) is 18.2 Å². The van der Waals surface area contributed by atoms with Gasteiger partial charge >= 0.3 is 0 Å². The highest BCUT2D eigenvalue weighted by Crippen LogP contribution is 2.15. The lowest BCUT2D eigenvalue weighted by atomic mass is 10.2. The summed E-state index contributed by atoms with van der Waals surface area (Å²) in [6, 6.07) is 17.6.